The minimum Gasteiger partial charge on any atom is -0.478 e. The van der Waals surface area contributed by atoms with Crippen LogP contribution in [-0.2, 0) is 6.54 Å². The number of hydrogen-bond donors (Lipinski definition) is 2. The Labute approximate surface area is 207 Å². The summed E-state index contributed by atoms with van der Waals surface area (Å²) in [5.74, 6) is -0.944. The van der Waals surface area contributed by atoms with Gasteiger partial charge in [-0.1, -0.05) is 60.7 Å². The molecule has 7 nitrogen and oxygen atoms in total. The summed E-state index contributed by atoms with van der Waals surface area (Å²) in [5, 5.41) is 10.9. The van der Waals surface area contributed by atoms with E-state index in [1.54, 1.807) is 0 Å². The molecule has 0 amide bonds. The van der Waals surface area contributed by atoms with Crippen molar-refractivity contribution in [2.75, 3.05) is 13.1 Å². The third-order valence-electron chi connectivity index (χ3n) is 7.18. The molecular formula is C29H26N4O3. The van der Waals surface area contributed by atoms with E-state index in [1.165, 1.54) is 0 Å². The van der Waals surface area contributed by atoms with Gasteiger partial charge in [-0.05, 0) is 31.0 Å². The summed E-state index contributed by atoms with van der Waals surface area (Å²) in [7, 11) is 0. The topological polar surface area (TPSA) is 91.2 Å². The van der Waals surface area contributed by atoms with Gasteiger partial charge in [0.15, 0.2) is 0 Å². The number of benzene rings is 3. The fraction of sp³-hybridized carbons (Fsp3) is 0.207. The monoisotopic (exact) mass is 478 g/mol. The van der Waals surface area contributed by atoms with E-state index in [1.807, 2.05) is 83.4 Å². The molecule has 3 heterocycles. The second-order valence-electron chi connectivity index (χ2n) is 9.33. The van der Waals surface area contributed by atoms with E-state index in [-0.39, 0.29) is 11.7 Å². The number of piperidine rings is 1. The lowest BCUT2D eigenvalue weighted by molar-refractivity contribution is 0.0696. The van der Waals surface area contributed by atoms with Crippen molar-refractivity contribution in [1.82, 2.24) is 19.4 Å². The summed E-state index contributed by atoms with van der Waals surface area (Å²) >= 11 is 0. The van der Waals surface area contributed by atoms with Gasteiger partial charge >= 0.3 is 11.7 Å². The van der Waals surface area contributed by atoms with Gasteiger partial charge in [0.2, 0.25) is 0 Å². The highest BCUT2D eigenvalue weighted by Crippen LogP contribution is 2.33. The summed E-state index contributed by atoms with van der Waals surface area (Å²) in [4.78, 5) is 35.4. The third-order valence-corrected chi connectivity index (χ3v) is 7.18. The number of carboxylic acid groups (broad SMARTS) is 1. The van der Waals surface area contributed by atoms with Gasteiger partial charge in [0.05, 0.1) is 27.8 Å². The van der Waals surface area contributed by atoms with Crippen molar-refractivity contribution in [2.24, 2.45) is 0 Å². The number of nitrogens with zero attached hydrogens (tertiary/aromatic N) is 3. The molecule has 1 aliphatic heterocycles. The van der Waals surface area contributed by atoms with Gasteiger partial charge in [-0.25, -0.2) is 14.6 Å². The fourth-order valence-electron chi connectivity index (χ4n) is 5.48. The van der Waals surface area contributed by atoms with E-state index in [2.05, 4.69) is 9.88 Å². The summed E-state index contributed by atoms with van der Waals surface area (Å²) in [5.41, 5.74) is 5.04. The highest BCUT2D eigenvalue weighted by molar-refractivity contribution is 6.05. The van der Waals surface area contributed by atoms with Gasteiger partial charge in [-0.2, -0.15) is 0 Å². The molecule has 2 aromatic heterocycles. The molecule has 0 spiro atoms. The van der Waals surface area contributed by atoms with Gasteiger partial charge in [-0.15, -0.1) is 0 Å². The van der Waals surface area contributed by atoms with Crippen molar-refractivity contribution in [1.29, 1.82) is 0 Å². The first-order valence-corrected chi connectivity index (χ1v) is 12.2. The number of aromatic carboxylic acids is 1. The molecule has 1 aliphatic rings. The molecule has 2 N–H and O–H groups in total. The number of para-hydroxylation sites is 3. The first-order chi connectivity index (χ1) is 17.6. The summed E-state index contributed by atoms with van der Waals surface area (Å²) < 4.78 is 1.88. The van der Waals surface area contributed by atoms with Crippen LogP contribution < -0.4 is 5.69 Å². The molecule has 0 atom stereocenters. The van der Waals surface area contributed by atoms with Crippen molar-refractivity contribution in [3.63, 3.8) is 0 Å². The number of aromatic amines is 1. The second kappa shape index (κ2) is 9.09. The summed E-state index contributed by atoms with van der Waals surface area (Å²) in [6.07, 6.45) is 1.62. The molecule has 0 aliphatic carbocycles. The van der Waals surface area contributed by atoms with Crippen molar-refractivity contribution < 1.29 is 9.90 Å². The van der Waals surface area contributed by atoms with Crippen molar-refractivity contribution in [3.8, 4) is 11.3 Å². The maximum atomic E-state index is 12.7. The Kier molecular flexibility index (Phi) is 5.62. The van der Waals surface area contributed by atoms with E-state index < -0.39 is 5.97 Å². The highest BCUT2D eigenvalue weighted by atomic mass is 16.4. The zero-order valence-electron chi connectivity index (χ0n) is 19.7. The zero-order chi connectivity index (χ0) is 24.6. The molecular weight excluding hydrogens is 452 g/mol. The Balaban J connectivity index is 1.35. The van der Waals surface area contributed by atoms with E-state index in [0.717, 1.165) is 48.1 Å². The SMILES string of the molecule is O=C(O)c1c(CN2CCC(n3c(=O)[nH]c4ccccc43)CC2)c(-c2ccccc2)nc2ccccc12. The Morgan fingerprint density at radius 2 is 1.64 bits per heavy atom. The molecule has 7 heteroatoms. The minimum atomic E-state index is -0.944. The molecule has 1 saturated heterocycles. The number of H-pyrrole nitrogens is 1. The standard InChI is InChI=1S/C29H26N4O3/c34-28(35)26-21-10-4-5-11-23(21)30-27(19-8-2-1-3-9-19)22(26)18-32-16-14-20(15-17-32)33-25-13-7-6-12-24(25)31-29(33)36/h1-13,20H,14-18H2,(H,31,36)(H,34,35). The first kappa shape index (κ1) is 22.2. The second-order valence-corrected chi connectivity index (χ2v) is 9.33. The van der Waals surface area contributed by atoms with Crippen LogP contribution in [0.15, 0.2) is 83.7 Å². The first-order valence-electron chi connectivity index (χ1n) is 12.2. The molecule has 0 saturated carbocycles. The van der Waals surface area contributed by atoms with Crippen molar-refractivity contribution >= 4 is 27.9 Å². The van der Waals surface area contributed by atoms with Gasteiger partial charge in [-0.3, -0.25) is 9.47 Å². The largest absolute Gasteiger partial charge is 0.478 e. The number of hydrogen-bond acceptors (Lipinski definition) is 4. The lowest BCUT2D eigenvalue weighted by atomic mass is 9.95. The number of fused-ring (bicyclic) bond motifs is 2. The summed E-state index contributed by atoms with van der Waals surface area (Å²) in [6, 6.07) is 25.1. The van der Waals surface area contributed by atoms with Gasteiger partial charge in [0, 0.05) is 42.2 Å². The maximum absolute atomic E-state index is 12.7. The summed E-state index contributed by atoms with van der Waals surface area (Å²) in [6.45, 7) is 2.01. The Morgan fingerprint density at radius 1 is 0.944 bits per heavy atom. The smallest absolute Gasteiger partial charge is 0.336 e. The molecule has 6 rings (SSSR count). The van der Waals surface area contributed by atoms with Gasteiger partial charge in [0.1, 0.15) is 0 Å². The van der Waals surface area contributed by atoms with E-state index in [9.17, 15) is 14.7 Å². The molecule has 36 heavy (non-hydrogen) atoms. The molecule has 0 radical (unpaired) electrons. The van der Waals surface area contributed by atoms with Crippen molar-refractivity contribution in [3.05, 3.63) is 100 Å². The predicted molar refractivity (Wildman–Crippen MR) is 140 cm³/mol. The lowest BCUT2D eigenvalue weighted by Gasteiger charge is -2.33. The van der Waals surface area contributed by atoms with Crippen LogP contribution in [0.2, 0.25) is 0 Å². The number of aromatic nitrogens is 3. The maximum Gasteiger partial charge on any atom is 0.336 e. The fourth-order valence-corrected chi connectivity index (χ4v) is 5.48. The predicted octanol–water partition coefficient (Wildman–Crippen LogP) is 5.08. The number of carbonyl (C=O) groups is 1. The van der Waals surface area contributed by atoms with Crippen LogP contribution in [0.1, 0.15) is 34.8 Å². The Bertz CT molecular complexity index is 1630. The average Bonchev–Trinajstić information content (AvgIpc) is 3.24. The Hall–Kier alpha value is -4.23. The molecule has 0 bridgehead atoms. The number of imidazole rings is 1. The van der Waals surface area contributed by atoms with E-state index in [0.29, 0.717) is 28.7 Å². The van der Waals surface area contributed by atoms with E-state index in [4.69, 9.17) is 4.98 Å². The number of rotatable bonds is 5. The highest BCUT2D eigenvalue weighted by Gasteiger charge is 2.27. The number of nitrogens with one attached hydrogen (secondary N) is 1. The molecule has 0 unspecified atom stereocenters. The normalized spacial score (nSPS) is 15.0. The van der Waals surface area contributed by atoms with Crippen LogP contribution in [0.3, 0.4) is 0 Å². The molecule has 1 fully saturated rings. The van der Waals surface area contributed by atoms with Crippen LogP contribution in [-0.4, -0.2) is 43.6 Å². The minimum absolute atomic E-state index is 0.0760. The number of carboxylic acids is 1. The van der Waals surface area contributed by atoms with Crippen LogP contribution >= 0.6 is 0 Å². The third kappa shape index (κ3) is 3.87. The van der Waals surface area contributed by atoms with Crippen LogP contribution in [0.4, 0.5) is 0 Å². The number of likely N-dealkylation sites (tertiary alicyclic amines) is 1. The quantitative estimate of drug-likeness (QED) is 0.368. The van der Waals surface area contributed by atoms with Gasteiger partial charge < -0.3 is 10.1 Å². The van der Waals surface area contributed by atoms with Crippen LogP contribution in [0.5, 0.6) is 0 Å². The lowest BCUT2D eigenvalue weighted by Crippen LogP contribution is -2.37. The molecule has 180 valence electrons. The molecule has 3 aromatic carbocycles. The van der Waals surface area contributed by atoms with Crippen LogP contribution in [0, 0.1) is 0 Å². The van der Waals surface area contributed by atoms with E-state index >= 15 is 0 Å². The van der Waals surface area contributed by atoms with Crippen molar-refractivity contribution in [2.45, 2.75) is 25.4 Å². The number of pyridine rings is 1. The van der Waals surface area contributed by atoms with Crippen LogP contribution in [0.25, 0.3) is 33.2 Å². The zero-order valence-corrected chi connectivity index (χ0v) is 19.7. The Morgan fingerprint density at radius 3 is 2.42 bits per heavy atom. The molecule has 5 aromatic rings. The van der Waals surface area contributed by atoms with Gasteiger partial charge in [0.25, 0.3) is 0 Å². The average molecular weight is 479 g/mol.